The summed E-state index contributed by atoms with van der Waals surface area (Å²) in [6, 6.07) is 20.2. The molecule has 0 radical (unpaired) electrons. The molecule has 0 saturated carbocycles. The number of anilines is 1. The summed E-state index contributed by atoms with van der Waals surface area (Å²) in [6.07, 6.45) is 1.50. The van der Waals surface area contributed by atoms with Gasteiger partial charge in [0.1, 0.15) is 18.2 Å². The monoisotopic (exact) mass is 510 g/mol. The molecule has 7 heteroatoms. The lowest BCUT2D eigenvalue weighted by Gasteiger charge is -2.14. The van der Waals surface area contributed by atoms with Crippen molar-refractivity contribution in [3.63, 3.8) is 0 Å². The molecule has 0 fully saturated rings. The van der Waals surface area contributed by atoms with Crippen molar-refractivity contribution in [1.82, 2.24) is 0 Å². The SMILES string of the molecule is COc1cc(/C=C(/C#N)C(=O)Nc2ccccc2C)cc(Br)c1OCc1ccc(Cl)cc1. The van der Waals surface area contributed by atoms with Crippen LogP contribution in [0.2, 0.25) is 5.02 Å². The number of nitriles is 1. The number of hydrogen-bond donors (Lipinski definition) is 1. The number of rotatable bonds is 7. The summed E-state index contributed by atoms with van der Waals surface area (Å²) < 4.78 is 12.0. The molecule has 0 atom stereocenters. The van der Waals surface area contributed by atoms with Crippen molar-refractivity contribution in [2.24, 2.45) is 0 Å². The highest BCUT2D eigenvalue weighted by molar-refractivity contribution is 9.10. The standard InChI is InChI=1S/C25H20BrClN2O3/c1-16-5-3-4-6-22(16)29-25(30)19(14-28)11-18-12-21(26)24(23(13-18)31-2)32-15-17-7-9-20(27)10-8-17/h3-13H,15H2,1-2H3,(H,29,30)/b19-11-. The Morgan fingerprint density at radius 2 is 1.91 bits per heavy atom. The number of halogens is 2. The summed E-state index contributed by atoms with van der Waals surface area (Å²) in [5, 5.41) is 13.0. The van der Waals surface area contributed by atoms with Crippen LogP contribution in [0.3, 0.4) is 0 Å². The molecule has 5 nitrogen and oxygen atoms in total. The van der Waals surface area contributed by atoms with Crippen LogP contribution in [0.15, 0.2) is 70.7 Å². The third-order valence-corrected chi connectivity index (χ3v) is 5.46. The largest absolute Gasteiger partial charge is 0.493 e. The molecule has 0 unspecified atom stereocenters. The maximum absolute atomic E-state index is 12.6. The molecule has 0 aromatic heterocycles. The zero-order valence-corrected chi connectivity index (χ0v) is 19.8. The fraction of sp³-hybridized carbons (Fsp3) is 0.120. The van der Waals surface area contributed by atoms with Gasteiger partial charge in [-0.1, -0.05) is 41.9 Å². The van der Waals surface area contributed by atoms with Crippen LogP contribution < -0.4 is 14.8 Å². The number of nitrogens with one attached hydrogen (secondary N) is 1. The highest BCUT2D eigenvalue weighted by Gasteiger charge is 2.15. The van der Waals surface area contributed by atoms with Gasteiger partial charge < -0.3 is 14.8 Å². The predicted octanol–water partition coefficient (Wildman–Crippen LogP) is 6.54. The Hall–Kier alpha value is -3.27. The minimum absolute atomic E-state index is 0.0305. The highest BCUT2D eigenvalue weighted by Crippen LogP contribution is 2.38. The van der Waals surface area contributed by atoms with Crippen LogP contribution in [0.4, 0.5) is 5.69 Å². The second-order valence-corrected chi connectivity index (χ2v) is 8.18. The first-order valence-electron chi connectivity index (χ1n) is 9.65. The van der Waals surface area contributed by atoms with E-state index in [0.29, 0.717) is 38.9 Å². The van der Waals surface area contributed by atoms with E-state index >= 15 is 0 Å². The topological polar surface area (TPSA) is 71.3 Å². The van der Waals surface area contributed by atoms with Gasteiger partial charge in [-0.05, 0) is 76.0 Å². The maximum atomic E-state index is 12.6. The van der Waals surface area contributed by atoms with Gasteiger partial charge in [-0.15, -0.1) is 0 Å². The Morgan fingerprint density at radius 3 is 2.56 bits per heavy atom. The van der Waals surface area contributed by atoms with Gasteiger partial charge >= 0.3 is 0 Å². The van der Waals surface area contributed by atoms with Crippen molar-refractivity contribution in [2.75, 3.05) is 12.4 Å². The molecule has 3 aromatic carbocycles. The van der Waals surface area contributed by atoms with Crippen LogP contribution >= 0.6 is 27.5 Å². The minimum atomic E-state index is -0.486. The number of carbonyl (C=O) groups is 1. The summed E-state index contributed by atoms with van der Waals surface area (Å²) >= 11 is 9.42. The van der Waals surface area contributed by atoms with Gasteiger partial charge in [-0.2, -0.15) is 5.26 Å². The molecule has 1 amide bonds. The lowest BCUT2D eigenvalue weighted by molar-refractivity contribution is -0.112. The minimum Gasteiger partial charge on any atom is -0.493 e. The van der Waals surface area contributed by atoms with E-state index in [-0.39, 0.29) is 5.57 Å². The van der Waals surface area contributed by atoms with Gasteiger partial charge in [-0.3, -0.25) is 4.79 Å². The summed E-state index contributed by atoms with van der Waals surface area (Å²) in [7, 11) is 1.53. The van der Waals surface area contributed by atoms with Crippen LogP contribution in [0.1, 0.15) is 16.7 Å². The van der Waals surface area contributed by atoms with Crippen molar-refractivity contribution >= 4 is 45.2 Å². The summed E-state index contributed by atoms with van der Waals surface area (Å²) in [5.74, 6) is 0.499. The van der Waals surface area contributed by atoms with Crippen molar-refractivity contribution < 1.29 is 14.3 Å². The number of methoxy groups -OCH3 is 1. The van der Waals surface area contributed by atoms with Gasteiger partial charge in [0.15, 0.2) is 11.5 Å². The van der Waals surface area contributed by atoms with Gasteiger partial charge in [0.25, 0.3) is 5.91 Å². The van der Waals surface area contributed by atoms with Crippen LogP contribution in [0, 0.1) is 18.3 Å². The molecule has 1 N–H and O–H groups in total. The van der Waals surface area contributed by atoms with Crippen LogP contribution in [0.25, 0.3) is 6.08 Å². The van der Waals surface area contributed by atoms with Crippen LogP contribution in [0.5, 0.6) is 11.5 Å². The summed E-state index contributed by atoms with van der Waals surface area (Å²) in [4.78, 5) is 12.6. The van der Waals surface area contributed by atoms with E-state index in [2.05, 4.69) is 21.2 Å². The Kier molecular flexibility index (Phi) is 7.93. The van der Waals surface area contributed by atoms with Crippen LogP contribution in [-0.2, 0) is 11.4 Å². The third kappa shape index (κ3) is 5.91. The number of amides is 1. The molecule has 0 heterocycles. The van der Waals surface area contributed by atoms with Gasteiger partial charge in [0, 0.05) is 10.7 Å². The quantitative estimate of drug-likeness (QED) is 0.289. The molecular weight excluding hydrogens is 492 g/mol. The van der Waals surface area contributed by atoms with Gasteiger partial charge in [-0.25, -0.2) is 0 Å². The molecule has 32 heavy (non-hydrogen) atoms. The van der Waals surface area contributed by atoms with E-state index in [1.54, 1.807) is 30.3 Å². The first-order valence-corrected chi connectivity index (χ1v) is 10.8. The molecule has 0 aliphatic rings. The zero-order chi connectivity index (χ0) is 23.1. The Labute approximate surface area is 200 Å². The van der Waals surface area contributed by atoms with E-state index < -0.39 is 5.91 Å². The Balaban J connectivity index is 1.82. The van der Waals surface area contributed by atoms with Gasteiger partial charge in [0.05, 0.1) is 11.6 Å². The number of hydrogen-bond acceptors (Lipinski definition) is 4. The first-order chi connectivity index (χ1) is 15.4. The average Bonchev–Trinajstić information content (AvgIpc) is 2.79. The predicted molar refractivity (Wildman–Crippen MR) is 130 cm³/mol. The molecule has 0 saturated heterocycles. The van der Waals surface area contributed by atoms with Crippen LogP contribution in [-0.4, -0.2) is 13.0 Å². The molecule has 0 aliphatic carbocycles. The molecule has 162 valence electrons. The van der Waals surface area contributed by atoms with Crippen molar-refractivity contribution in [3.8, 4) is 17.6 Å². The second-order valence-electron chi connectivity index (χ2n) is 6.89. The maximum Gasteiger partial charge on any atom is 0.266 e. The van der Waals surface area contributed by atoms with Crippen molar-refractivity contribution in [2.45, 2.75) is 13.5 Å². The fourth-order valence-corrected chi connectivity index (χ4v) is 3.62. The normalized spacial score (nSPS) is 10.9. The summed E-state index contributed by atoms with van der Waals surface area (Å²) in [6.45, 7) is 2.21. The molecular formula is C25H20BrClN2O3. The van der Waals surface area contributed by atoms with Crippen molar-refractivity contribution in [3.05, 3.63) is 92.4 Å². The zero-order valence-electron chi connectivity index (χ0n) is 17.5. The van der Waals surface area contributed by atoms with E-state index in [4.69, 9.17) is 21.1 Å². The van der Waals surface area contributed by atoms with E-state index in [9.17, 15) is 10.1 Å². The number of nitrogens with zero attached hydrogens (tertiary/aromatic N) is 1. The first kappa shape index (κ1) is 23.4. The van der Waals surface area contributed by atoms with Gasteiger partial charge in [0.2, 0.25) is 0 Å². The lowest BCUT2D eigenvalue weighted by Crippen LogP contribution is -2.14. The fourth-order valence-electron chi connectivity index (χ4n) is 2.92. The smallest absolute Gasteiger partial charge is 0.266 e. The Bertz CT molecular complexity index is 1200. The molecule has 0 spiro atoms. The molecule has 3 aromatic rings. The number of benzene rings is 3. The van der Waals surface area contributed by atoms with E-state index in [0.717, 1.165) is 11.1 Å². The highest BCUT2D eigenvalue weighted by atomic mass is 79.9. The van der Waals surface area contributed by atoms with Crippen molar-refractivity contribution in [1.29, 1.82) is 5.26 Å². The van der Waals surface area contributed by atoms with E-state index in [1.165, 1.54) is 13.2 Å². The second kappa shape index (κ2) is 10.9. The lowest BCUT2D eigenvalue weighted by atomic mass is 10.1. The summed E-state index contributed by atoms with van der Waals surface area (Å²) in [5.41, 5.74) is 3.10. The van der Waals surface area contributed by atoms with E-state index in [1.807, 2.05) is 43.3 Å². The number of ether oxygens (including phenoxy) is 2. The molecule has 3 rings (SSSR count). The average molecular weight is 512 g/mol. The number of carbonyl (C=O) groups excluding carboxylic acids is 1. The molecule has 0 bridgehead atoms. The third-order valence-electron chi connectivity index (χ3n) is 4.62. The Morgan fingerprint density at radius 1 is 1.19 bits per heavy atom. The number of para-hydroxylation sites is 1. The molecule has 0 aliphatic heterocycles. The number of aryl methyl sites for hydroxylation is 1.